The zero-order valence-corrected chi connectivity index (χ0v) is 24.3. The third kappa shape index (κ3) is 5.16. The van der Waals surface area contributed by atoms with Crippen LogP contribution in [0, 0.1) is 0 Å². The molecule has 0 atom stereocenters. The molecule has 0 bridgehead atoms. The summed E-state index contributed by atoms with van der Waals surface area (Å²) in [6, 6.07) is 7.47. The van der Waals surface area contributed by atoms with E-state index in [2.05, 4.69) is 5.10 Å². The van der Waals surface area contributed by atoms with E-state index in [0.717, 1.165) is 16.2 Å². The SMILES string of the molecule is COc1cc2c(cc1-c1ccn(C)n1)-c1c(c(C(=O)N(C(N)(N)N)C3(COC(N)(N)N)COC3)nn1-c1ccsc1)CO2. The second-order valence-corrected chi connectivity index (χ2v) is 11.4. The molecule has 0 aliphatic carbocycles. The van der Waals surface area contributed by atoms with Crippen LogP contribution in [0.4, 0.5) is 0 Å². The molecule has 1 aromatic carbocycles. The smallest absolute Gasteiger partial charge is 0.279 e. The van der Waals surface area contributed by atoms with Crippen LogP contribution in [-0.2, 0) is 23.1 Å². The van der Waals surface area contributed by atoms with Crippen LogP contribution >= 0.6 is 11.3 Å². The Morgan fingerprint density at radius 2 is 1.91 bits per heavy atom. The third-order valence-corrected chi connectivity index (χ3v) is 7.92. The van der Waals surface area contributed by atoms with Crippen LogP contribution in [0.25, 0.3) is 28.2 Å². The van der Waals surface area contributed by atoms with Crippen molar-refractivity contribution in [3.05, 3.63) is 52.5 Å². The highest BCUT2D eigenvalue weighted by Crippen LogP contribution is 2.46. The number of hydrogen-bond acceptors (Lipinski definition) is 14. The molecular weight excluding hydrogens is 578 g/mol. The molecule has 4 aromatic rings. The van der Waals surface area contributed by atoms with E-state index < -0.39 is 23.3 Å². The summed E-state index contributed by atoms with van der Waals surface area (Å²) in [6.07, 6.45) is 1.84. The fourth-order valence-electron chi connectivity index (χ4n) is 5.33. The number of amides is 1. The molecule has 12 N–H and O–H groups in total. The van der Waals surface area contributed by atoms with E-state index in [4.69, 9.17) is 58.4 Å². The van der Waals surface area contributed by atoms with Crippen LogP contribution in [0.2, 0.25) is 0 Å². The lowest BCUT2D eigenvalue weighted by Gasteiger charge is -2.53. The summed E-state index contributed by atoms with van der Waals surface area (Å²) in [7, 11) is 3.41. The number of methoxy groups -OCH3 is 1. The summed E-state index contributed by atoms with van der Waals surface area (Å²) in [4.78, 5) is 15.5. The minimum absolute atomic E-state index is 0.0116. The van der Waals surface area contributed by atoms with Crippen molar-refractivity contribution < 1.29 is 23.7 Å². The van der Waals surface area contributed by atoms with Gasteiger partial charge in [0.1, 0.15) is 23.6 Å². The van der Waals surface area contributed by atoms with Gasteiger partial charge in [-0.3, -0.25) is 48.8 Å². The van der Waals surface area contributed by atoms with E-state index in [1.807, 2.05) is 42.2 Å². The number of hydrogen-bond donors (Lipinski definition) is 6. The molecule has 0 saturated carbocycles. The fourth-order valence-corrected chi connectivity index (χ4v) is 5.94. The molecule has 1 amide bonds. The summed E-state index contributed by atoms with van der Waals surface area (Å²) in [6.45, 7) is -0.266. The Morgan fingerprint density at radius 3 is 2.47 bits per heavy atom. The second kappa shape index (κ2) is 10.4. The van der Waals surface area contributed by atoms with Gasteiger partial charge in [0.25, 0.3) is 5.91 Å². The first-order chi connectivity index (χ1) is 20.3. The standard InChI is InChI=1S/C26H33N11O5S/c1-35-5-3-18(33-35)15-7-16-20(8-19(15)39-2)41-9-17-21(34-36(22(16)17)14-4-6-43-10-14)23(38)37(25(27,28)29)24(11-40-12-24)13-42-26(30,31)32/h3-8,10H,9,11-13,27-32H2,1-2H3. The highest BCUT2D eigenvalue weighted by atomic mass is 32.1. The van der Waals surface area contributed by atoms with Crippen molar-refractivity contribution in [2.24, 2.45) is 41.4 Å². The number of thiophene rings is 1. The van der Waals surface area contributed by atoms with Gasteiger partial charge in [0.2, 0.25) is 11.9 Å². The molecule has 2 aliphatic rings. The Labute approximate surface area is 250 Å². The van der Waals surface area contributed by atoms with Gasteiger partial charge in [-0.25, -0.2) is 4.68 Å². The van der Waals surface area contributed by atoms with Crippen molar-refractivity contribution in [1.29, 1.82) is 0 Å². The Morgan fingerprint density at radius 1 is 1.14 bits per heavy atom. The van der Waals surface area contributed by atoms with Gasteiger partial charge in [0.15, 0.2) is 5.69 Å². The van der Waals surface area contributed by atoms with Crippen LogP contribution in [0.15, 0.2) is 41.2 Å². The average molecular weight is 612 g/mol. The van der Waals surface area contributed by atoms with Crippen LogP contribution in [0.3, 0.4) is 0 Å². The molecule has 43 heavy (non-hydrogen) atoms. The molecule has 0 radical (unpaired) electrons. The Hall–Kier alpha value is -3.91. The number of carbonyl (C=O) groups is 1. The Balaban J connectivity index is 1.52. The predicted molar refractivity (Wildman–Crippen MR) is 156 cm³/mol. The lowest BCUT2D eigenvalue weighted by molar-refractivity contribution is -0.199. The first kappa shape index (κ1) is 29.2. The predicted octanol–water partition coefficient (Wildman–Crippen LogP) is -0.895. The number of aryl methyl sites for hydroxylation is 1. The molecule has 5 heterocycles. The molecule has 2 aliphatic heterocycles. The van der Waals surface area contributed by atoms with Crippen LogP contribution < -0.4 is 43.9 Å². The number of benzene rings is 1. The number of nitrogens with zero attached hydrogens (tertiary/aromatic N) is 5. The zero-order valence-electron chi connectivity index (χ0n) is 23.5. The lowest BCUT2D eigenvalue weighted by atomic mass is 9.93. The monoisotopic (exact) mass is 611 g/mol. The quantitative estimate of drug-likeness (QED) is 0.126. The number of aromatic nitrogens is 4. The van der Waals surface area contributed by atoms with E-state index in [9.17, 15) is 4.79 Å². The van der Waals surface area contributed by atoms with E-state index in [-0.39, 0.29) is 32.1 Å². The molecule has 1 fully saturated rings. The number of carbonyl (C=O) groups excluding carboxylic acids is 1. The van der Waals surface area contributed by atoms with Crippen molar-refractivity contribution in [3.63, 3.8) is 0 Å². The second-order valence-electron chi connectivity index (χ2n) is 10.7. The van der Waals surface area contributed by atoms with Crippen LogP contribution in [-0.4, -0.2) is 74.7 Å². The molecule has 3 aromatic heterocycles. The normalized spacial score (nSPS) is 15.7. The molecule has 6 rings (SSSR count). The third-order valence-electron chi connectivity index (χ3n) is 7.25. The van der Waals surface area contributed by atoms with E-state index in [1.54, 1.807) is 22.5 Å². The van der Waals surface area contributed by atoms with Gasteiger partial charge in [0, 0.05) is 41.4 Å². The molecular formula is C26H33N11O5S. The summed E-state index contributed by atoms with van der Waals surface area (Å²) >= 11 is 1.48. The van der Waals surface area contributed by atoms with Gasteiger partial charge in [-0.1, -0.05) is 0 Å². The maximum atomic E-state index is 14.4. The van der Waals surface area contributed by atoms with E-state index in [1.165, 1.54) is 11.3 Å². The van der Waals surface area contributed by atoms with Crippen molar-refractivity contribution in [1.82, 2.24) is 24.5 Å². The first-order valence-corrected chi connectivity index (χ1v) is 14.0. The minimum Gasteiger partial charge on any atom is -0.496 e. The lowest BCUT2D eigenvalue weighted by Crippen LogP contribution is -2.82. The van der Waals surface area contributed by atoms with Gasteiger partial charge in [0.05, 0.1) is 44.0 Å². The fraction of sp³-hybridized carbons (Fsp3) is 0.346. The van der Waals surface area contributed by atoms with E-state index >= 15 is 0 Å². The molecule has 0 unspecified atom stereocenters. The first-order valence-electron chi connectivity index (χ1n) is 13.1. The molecule has 228 valence electrons. The van der Waals surface area contributed by atoms with Gasteiger partial charge in [-0.2, -0.15) is 21.5 Å². The average Bonchev–Trinajstić information content (AvgIpc) is 3.67. The number of ether oxygens (including phenoxy) is 4. The number of fused-ring (bicyclic) bond motifs is 3. The molecule has 1 saturated heterocycles. The summed E-state index contributed by atoms with van der Waals surface area (Å²) in [5, 5.41) is 13.1. The van der Waals surface area contributed by atoms with Gasteiger partial charge >= 0.3 is 0 Å². The largest absolute Gasteiger partial charge is 0.496 e. The van der Waals surface area contributed by atoms with Gasteiger partial charge in [-0.15, -0.1) is 0 Å². The highest BCUT2D eigenvalue weighted by molar-refractivity contribution is 7.08. The molecule has 0 spiro atoms. The number of nitrogens with two attached hydrogens (primary N) is 6. The van der Waals surface area contributed by atoms with Gasteiger partial charge in [-0.05, 0) is 23.6 Å². The summed E-state index contributed by atoms with van der Waals surface area (Å²) < 4.78 is 26.1. The van der Waals surface area contributed by atoms with E-state index in [0.29, 0.717) is 34.0 Å². The van der Waals surface area contributed by atoms with Crippen molar-refractivity contribution >= 4 is 17.2 Å². The van der Waals surface area contributed by atoms with Crippen LogP contribution in [0.1, 0.15) is 16.1 Å². The molecule has 16 nitrogen and oxygen atoms in total. The van der Waals surface area contributed by atoms with Crippen molar-refractivity contribution in [3.8, 4) is 39.7 Å². The van der Waals surface area contributed by atoms with Crippen molar-refractivity contribution in [2.75, 3.05) is 26.9 Å². The summed E-state index contributed by atoms with van der Waals surface area (Å²) in [5.41, 5.74) is 38.3. The Kier molecular flexibility index (Phi) is 7.03. The van der Waals surface area contributed by atoms with Gasteiger partial charge < -0.3 is 18.9 Å². The number of rotatable bonds is 9. The Bertz CT molecular complexity index is 1670. The minimum atomic E-state index is -2.16. The highest BCUT2D eigenvalue weighted by Gasteiger charge is 2.54. The van der Waals surface area contributed by atoms with Crippen molar-refractivity contribution in [2.45, 2.75) is 24.0 Å². The maximum absolute atomic E-state index is 14.4. The van der Waals surface area contributed by atoms with Crippen LogP contribution in [0.5, 0.6) is 11.5 Å². The maximum Gasteiger partial charge on any atom is 0.279 e. The zero-order chi connectivity index (χ0) is 30.7. The molecule has 17 heteroatoms. The topological polar surface area (TPSA) is 249 Å². The summed E-state index contributed by atoms with van der Waals surface area (Å²) in [5.74, 6) is -3.69.